The second-order valence-corrected chi connectivity index (χ2v) is 5.39. The van der Waals surface area contributed by atoms with E-state index in [1.165, 1.54) is 5.56 Å². The second-order valence-electron chi connectivity index (χ2n) is 5.39. The van der Waals surface area contributed by atoms with Gasteiger partial charge in [0.15, 0.2) is 0 Å². The second kappa shape index (κ2) is 5.11. The van der Waals surface area contributed by atoms with E-state index in [0.29, 0.717) is 12.0 Å². The summed E-state index contributed by atoms with van der Waals surface area (Å²) in [6.07, 6.45) is 3.14. The minimum atomic E-state index is 0.210. The molecule has 1 aromatic carbocycles. The first-order valence-corrected chi connectivity index (χ1v) is 6.90. The number of benzene rings is 1. The third kappa shape index (κ3) is 2.56. The normalized spacial score (nSPS) is 27.8. The number of carbonyl (C=O) groups is 1. The first-order chi connectivity index (χ1) is 8.84. The van der Waals surface area contributed by atoms with Crippen molar-refractivity contribution in [2.75, 3.05) is 13.1 Å². The number of piperidine rings is 1. The Labute approximate surface area is 108 Å². The highest BCUT2D eigenvalue weighted by molar-refractivity contribution is 5.83. The summed E-state index contributed by atoms with van der Waals surface area (Å²) < 4.78 is 0. The van der Waals surface area contributed by atoms with Gasteiger partial charge in [-0.2, -0.15) is 0 Å². The van der Waals surface area contributed by atoms with Crippen LogP contribution < -0.4 is 10.6 Å². The SMILES string of the molecule is O=C(NC1CCNCC1)C1CC1c1ccccc1. The molecule has 2 unspecified atom stereocenters. The number of rotatable bonds is 3. The van der Waals surface area contributed by atoms with E-state index in [1.54, 1.807) is 0 Å². The Morgan fingerprint density at radius 1 is 1.17 bits per heavy atom. The van der Waals surface area contributed by atoms with E-state index in [1.807, 2.05) is 6.07 Å². The number of hydrogen-bond acceptors (Lipinski definition) is 2. The number of hydrogen-bond donors (Lipinski definition) is 2. The number of carbonyl (C=O) groups excluding carboxylic acids is 1. The quantitative estimate of drug-likeness (QED) is 0.849. The lowest BCUT2D eigenvalue weighted by atomic mass is 10.1. The van der Waals surface area contributed by atoms with Crippen molar-refractivity contribution in [1.82, 2.24) is 10.6 Å². The van der Waals surface area contributed by atoms with Crippen LogP contribution in [0.4, 0.5) is 0 Å². The Morgan fingerprint density at radius 2 is 1.89 bits per heavy atom. The highest BCUT2D eigenvalue weighted by atomic mass is 16.2. The Morgan fingerprint density at radius 3 is 2.61 bits per heavy atom. The van der Waals surface area contributed by atoms with Crippen LogP contribution in [0.25, 0.3) is 0 Å². The predicted octanol–water partition coefficient (Wildman–Crippen LogP) is 1.66. The van der Waals surface area contributed by atoms with E-state index in [-0.39, 0.29) is 11.8 Å². The summed E-state index contributed by atoms with van der Waals surface area (Å²) in [5.74, 6) is 0.922. The van der Waals surface area contributed by atoms with Crippen molar-refractivity contribution in [2.45, 2.75) is 31.2 Å². The first kappa shape index (κ1) is 11.7. The van der Waals surface area contributed by atoms with Gasteiger partial charge in [-0.15, -0.1) is 0 Å². The summed E-state index contributed by atoms with van der Waals surface area (Å²) in [5, 5.41) is 6.52. The molecule has 0 aromatic heterocycles. The molecule has 0 spiro atoms. The molecular weight excluding hydrogens is 224 g/mol. The molecule has 0 bridgehead atoms. The molecule has 1 heterocycles. The number of amides is 1. The van der Waals surface area contributed by atoms with E-state index in [4.69, 9.17) is 0 Å². The molecule has 1 aliphatic heterocycles. The summed E-state index contributed by atoms with van der Waals surface area (Å²) >= 11 is 0. The summed E-state index contributed by atoms with van der Waals surface area (Å²) in [4.78, 5) is 12.1. The molecule has 3 heteroatoms. The Hall–Kier alpha value is -1.35. The molecule has 2 aliphatic rings. The molecule has 18 heavy (non-hydrogen) atoms. The standard InChI is InChI=1S/C15H20N2O/c18-15(17-12-6-8-16-9-7-12)14-10-13(14)11-4-2-1-3-5-11/h1-5,12-14,16H,6-10H2,(H,17,18). The van der Waals surface area contributed by atoms with Crippen LogP contribution in [0.15, 0.2) is 30.3 Å². The molecule has 96 valence electrons. The number of nitrogens with one attached hydrogen (secondary N) is 2. The largest absolute Gasteiger partial charge is 0.353 e. The van der Waals surface area contributed by atoms with Gasteiger partial charge in [0.05, 0.1) is 0 Å². The zero-order valence-corrected chi connectivity index (χ0v) is 10.6. The topological polar surface area (TPSA) is 41.1 Å². The zero-order chi connectivity index (χ0) is 12.4. The molecule has 2 atom stereocenters. The smallest absolute Gasteiger partial charge is 0.223 e. The van der Waals surface area contributed by atoms with E-state index in [2.05, 4.69) is 34.9 Å². The van der Waals surface area contributed by atoms with Crippen LogP contribution >= 0.6 is 0 Å². The van der Waals surface area contributed by atoms with Gasteiger partial charge in [0, 0.05) is 12.0 Å². The molecule has 2 N–H and O–H groups in total. The monoisotopic (exact) mass is 244 g/mol. The third-order valence-electron chi connectivity index (χ3n) is 4.04. The molecule has 0 radical (unpaired) electrons. The molecule has 3 rings (SSSR count). The maximum absolute atomic E-state index is 12.1. The van der Waals surface area contributed by atoms with Gasteiger partial charge in [-0.05, 0) is 43.8 Å². The van der Waals surface area contributed by atoms with Gasteiger partial charge < -0.3 is 10.6 Å². The van der Waals surface area contributed by atoms with Gasteiger partial charge in [-0.3, -0.25) is 4.79 Å². The fourth-order valence-electron chi connectivity index (χ4n) is 2.83. The Balaban J connectivity index is 1.53. The van der Waals surface area contributed by atoms with Crippen molar-refractivity contribution < 1.29 is 4.79 Å². The van der Waals surface area contributed by atoms with Crippen LogP contribution in [0.1, 0.15) is 30.7 Å². The maximum atomic E-state index is 12.1. The molecule has 1 saturated carbocycles. The lowest BCUT2D eigenvalue weighted by molar-refractivity contribution is -0.123. The zero-order valence-electron chi connectivity index (χ0n) is 10.6. The van der Waals surface area contributed by atoms with Crippen LogP contribution in [0.2, 0.25) is 0 Å². The highest BCUT2D eigenvalue weighted by Crippen LogP contribution is 2.47. The molecule has 1 aromatic rings. The summed E-state index contributed by atoms with van der Waals surface area (Å²) in [7, 11) is 0. The van der Waals surface area contributed by atoms with Crippen molar-refractivity contribution >= 4 is 5.91 Å². The fourth-order valence-corrected chi connectivity index (χ4v) is 2.83. The van der Waals surface area contributed by atoms with Crippen LogP contribution in [0, 0.1) is 5.92 Å². The minimum Gasteiger partial charge on any atom is -0.353 e. The van der Waals surface area contributed by atoms with Gasteiger partial charge >= 0.3 is 0 Å². The van der Waals surface area contributed by atoms with Crippen molar-refractivity contribution in [2.24, 2.45) is 5.92 Å². The molecule has 1 amide bonds. The van der Waals surface area contributed by atoms with Gasteiger partial charge in [0.1, 0.15) is 0 Å². The Bertz CT molecular complexity index is 412. The lowest BCUT2D eigenvalue weighted by Gasteiger charge is -2.23. The summed E-state index contributed by atoms with van der Waals surface area (Å²) in [6, 6.07) is 10.8. The molecule has 1 aliphatic carbocycles. The average Bonchev–Trinajstić information content (AvgIpc) is 3.21. The highest BCUT2D eigenvalue weighted by Gasteiger charge is 2.44. The lowest BCUT2D eigenvalue weighted by Crippen LogP contribution is -2.43. The third-order valence-corrected chi connectivity index (χ3v) is 4.04. The van der Waals surface area contributed by atoms with E-state index in [0.717, 1.165) is 32.4 Å². The molecular formula is C15H20N2O. The summed E-state index contributed by atoms with van der Waals surface area (Å²) in [5.41, 5.74) is 1.31. The van der Waals surface area contributed by atoms with Crippen LogP contribution in [0.3, 0.4) is 0 Å². The molecule has 3 nitrogen and oxygen atoms in total. The molecule has 1 saturated heterocycles. The van der Waals surface area contributed by atoms with Crippen molar-refractivity contribution in [1.29, 1.82) is 0 Å². The van der Waals surface area contributed by atoms with Crippen molar-refractivity contribution in [3.05, 3.63) is 35.9 Å². The van der Waals surface area contributed by atoms with Gasteiger partial charge in [0.25, 0.3) is 0 Å². The van der Waals surface area contributed by atoms with Crippen LogP contribution in [-0.4, -0.2) is 25.0 Å². The van der Waals surface area contributed by atoms with Crippen LogP contribution in [0.5, 0.6) is 0 Å². The van der Waals surface area contributed by atoms with Gasteiger partial charge in [-0.25, -0.2) is 0 Å². The first-order valence-electron chi connectivity index (χ1n) is 6.90. The van der Waals surface area contributed by atoms with E-state index >= 15 is 0 Å². The van der Waals surface area contributed by atoms with E-state index in [9.17, 15) is 4.79 Å². The maximum Gasteiger partial charge on any atom is 0.223 e. The van der Waals surface area contributed by atoms with Crippen molar-refractivity contribution in [3.8, 4) is 0 Å². The minimum absolute atomic E-state index is 0.210. The molecule has 2 fully saturated rings. The summed E-state index contributed by atoms with van der Waals surface area (Å²) in [6.45, 7) is 2.05. The predicted molar refractivity (Wildman–Crippen MR) is 71.3 cm³/mol. The van der Waals surface area contributed by atoms with Gasteiger partial charge in [0.2, 0.25) is 5.91 Å². The van der Waals surface area contributed by atoms with E-state index < -0.39 is 0 Å². The fraction of sp³-hybridized carbons (Fsp3) is 0.533. The van der Waals surface area contributed by atoms with Gasteiger partial charge in [-0.1, -0.05) is 30.3 Å². The van der Waals surface area contributed by atoms with Crippen molar-refractivity contribution in [3.63, 3.8) is 0 Å². The average molecular weight is 244 g/mol. The Kier molecular flexibility index (Phi) is 3.33. The van der Waals surface area contributed by atoms with Crippen LogP contribution in [-0.2, 0) is 4.79 Å².